The highest BCUT2D eigenvalue weighted by Gasteiger charge is 2.12. The van der Waals surface area contributed by atoms with E-state index in [2.05, 4.69) is 20.5 Å². The number of hydrogen-bond donors (Lipinski definition) is 2. The lowest BCUT2D eigenvalue weighted by Crippen LogP contribution is -2.42. The molecule has 1 aliphatic heterocycles. The van der Waals surface area contributed by atoms with Gasteiger partial charge in [0.05, 0.1) is 17.6 Å². The zero-order valence-electron chi connectivity index (χ0n) is 10.7. The van der Waals surface area contributed by atoms with Crippen molar-refractivity contribution in [1.82, 2.24) is 25.2 Å². The number of phenolic OH excluding ortho intramolecular Hbond substituents is 1. The molecule has 6 heteroatoms. The first-order valence-corrected chi connectivity index (χ1v) is 6.45. The van der Waals surface area contributed by atoms with Crippen molar-refractivity contribution >= 4 is 0 Å². The lowest BCUT2D eigenvalue weighted by atomic mass is 10.3. The molecule has 2 aromatic rings. The highest BCUT2D eigenvalue weighted by Crippen LogP contribution is 2.14. The van der Waals surface area contributed by atoms with Gasteiger partial charge in [-0.15, -0.1) is 5.10 Å². The summed E-state index contributed by atoms with van der Waals surface area (Å²) in [6.07, 6.45) is 1.91. The van der Waals surface area contributed by atoms with E-state index >= 15 is 0 Å². The molecule has 0 spiro atoms. The van der Waals surface area contributed by atoms with E-state index < -0.39 is 0 Å². The van der Waals surface area contributed by atoms with Gasteiger partial charge in [-0.1, -0.05) is 11.3 Å². The van der Waals surface area contributed by atoms with Gasteiger partial charge in [0.2, 0.25) is 0 Å². The largest absolute Gasteiger partial charge is 0.508 e. The van der Waals surface area contributed by atoms with Gasteiger partial charge in [-0.25, -0.2) is 4.68 Å². The molecule has 6 nitrogen and oxygen atoms in total. The molecule has 0 radical (unpaired) electrons. The standard InChI is InChI=1S/C13H17N5O/c19-13-3-1-2-12(8-13)18-10-11(15-16-18)9-17-6-4-14-5-7-17/h1-3,8,10,14,19H,4-7,9H2. The van der Waals surface area contributed by atoms with Crippen LogP contribution in [-0.2, 0) is 6.54 Å². The van der Waals surface area contributed by atoms with Crippen molar-refractivity contribution in [3.63, 3.8) is 0 Å². The van der Waals surface area contributed by atoms with Gasteiger partial charge in [0, 0.05) is 38.8 Å². The third kappa shape index (κ3) is 2.91. The monoisotopic (exact) mass is 259 g/mol. The minimum absolute atomic E-state index is 0.233. The van der Waals surface area contributed by atoms with E-state index in [4.69, 9.17) is 0 Å². The fourth-order valence-electron chi connectivity index (χ4n) is 2.23. The predicted molar refractivity (Wildman–Crippen MR) is 71.2 cm³/mol. The molecule has 1 saturated heterocycles. The first kappa shape index (κ1) is 12.1. The van der Waals surface area contributed by atoms with Crippen molar-refractivity contribution < 1.29 is 5.11 Å². The molecule has 1 aromatic carbocycles. The number of piperazine rings is 1. The molecule has 0 aliphatic carbocycles. The van der Waals surface area contributed by atoms with Crippen LogP contribution in [0.2, 0.25) is 0 Å². The van der Waals surface area contributed by atoms with Crippen LogP contribution in [0.15, 0.2) is 30.5 Å². The van der Waals surface area contributed by atoms with Crippen LogP contribution in [0.3, 0.4) is 0 Å². The maximum Gasteiger partial charge on any atom is 0.117 e. The summed E-state index contributed by atoms with van der Waals surface area (Å²) < 4.78 is 1.69. The Balaban J connectivity index is 1.72. The van der Waals surface area contributed by atoms with Gasteiger partial charge < -0.3 is 10.4 Å². The van der Waals surface area contributed by atoms with Gasteiger partial charge in [0.15, 0.2) is 0 Å². The lowest BCUT2D eigenvalue weighted by Gasteiger charge is -2.25. The molecule has 1 aliphatic rings. The van der Waals surface area contributed by atoms with Gasteiger partial charge in [0.1, 0.15) is 5.75 Å². The van der Waals surface area contributed by atoms with Crippen LogP contribution in [0.25, 0.3) is 5.69 Å². The summed E-state index contributed by atoms with van der Waals surface area (Å²) in [5.41, 5.74) is 1.77. The Morgan fingerprint density at radius 2 is 2.11 bits per heavy atom. The number of rotatable bonds is 3. The zero-order valence-corrected chi connectivity index (χ0v) is 10.7. The Bertz CT molecular complexity index is 547. The molecule has 0 bridgehead atoms. The van der Waals surface area contributed by atoms with Crippen molar-refractivity contribution in [2.24, 2.45) is 0 Å². The molecule has 0 unspecified atom stereocenters. The van der Waals surface area contributed by atoms with Gasteiger partial charge in [-0.05, 0) is 12.1 Å². The van der Waals surface area contributed by atoms with Crippen LogP contribution in [0.4, 0.5) is 0 Å². The van der Waals surface area contributed by atoms with Crippen LogP contribution in [0.5, 0.6) is 5.75 Å². The molecule has 19 heavy (non-hydrogen) atoms. The number of hydrogen-bond acceptors (Lipinski definition) is 5. The van der Waals surface area contributed by atoms with Gasteiger partial charge in [-0.2, -0.15) is 0 Å². The molecule has 1 fully saturated rings. The summed E-state index contributed by atoms with van der Waals surface area (Å²) in [5.74, 6) is 0.233. The van der Waals surface area contributed by atoms with E-state index in [0.29, 0.717) is 0 Å². The minimum Gasteiger partial charge on any atom is -0.508 e. The van der Waals surface area contributed by atoms with Crippen molar-refractivity contribution in [1.29, 1.82) is 0 Å². The second-order valence-corrected chi connectivity index (χ2v) is 4.70. The van der Waals surface area contributed by atoms with E-state index in [9.17, 15) is 5.11 Å². The number of aromatic hydroxyl groups is 1. The molecule has 2 heterocycles. The fraction of sp³-hybridized carbons (Fsp3) is 0.385. The number of benzene rings is 1. The molecule has 3 rings (SSSR count). The van der Waals surface area contributed by atoms with Crippen LogP contribution < -0.4 is 5.32 Å². The number of aromatic nitrogens is 3. The first-order chi connectivity index (χ1) is 9.31. The normalized spacial score (nSPS) is 16.6. The van der Waals surface area contributed by atoms with Crippen molar-refractivity contribution in [3.05, 3.63) is 36.2 Å². The highest BCUT2D eigenvalue weighted by atomic mass is 16.3. The van der Waals surface area contributed by atoms with Crippen LogP contribution >= 0.6 is 0 Å². The quantitative estimate of drug-likeness (QED) is 0.834. The average molecular weight is 259 g/mol. The van der Waals surface area contributed by atoms with Gasteiger partial charge >= 0.3 is 0 Å². The second kappa shape index (κ2) is 5.38. The number of phenols is 1. The minimum atomic E-state index is 0.233. The third-order valence-electron chi connectivity index (χ3n) is 3.23. The summed E-state index contributed by atoms with van der Waals surface area (Å²) in [5, 5.41) is 21.1. The maximum absolute atomic E-state index is 9.47. The molecule has 100 valence electrons. The molecule has 2 N–H and O–H groups in total. The SMILES string of the molecule is Oc1cccc(-n2cc(CN3CCNCC3)nn2)c1. The van der Waals surface area contributed by atoms with Crippen molar-refractivity contribution in [3.8, 4) is 11.4 Å². The first-order valence-electron chi connectivity index (χ1n) is 6.45. The predicted octanol–water partition coefficient (Wildman–Crippen LogP) is 0.378. The Kier molecular flexibility index (Phi) is 3.43. The van der Waals surface area contributed by atoms with Gasteiger partial charge in [-0.3, -0.25) is 4.90 Å². The smallest absolute Gasteiger partial charge is 0.117 e. The summed E-state index contributed by atoms with van der Waals surface area (Å²) in [6.45, 7) is 4.96. The van der Waals surface area contributed by atoms with Crippen LogP contribution in [-0.4, -0.2) is 51.2 Å². The van der Waals surface area contributed by atoms with E-state index in [-0.39, 0.29) is 5.75 Å². The van der Waals surface area contributed by atoms with Crippen LogP contribution in [0, 0.1) is 0 Å². The second-order valence-electron chi connectivity index (χ2n) is 4.70. The number of nitrogens with zero attached hydrogens (tertiary/aromatic N) is 4. The van der Waals surface area contributed by atoms with Crippen molar-refractivity contribution in [2.75, 3.05) is 26.2 Å². The van der Waals surface area contributed by atoms with Crippen molar-refractivity contribution in [2.45, 2.75) is 6.54 Å². The maximum atomic E-state index is 9.47. The molecule has 0 atom stereocenters. The van der Waals surface area contributed by atoms with E-state index in [1.165, 1.54) is 0 Å². The Morgan fingerprint density at radius 3 is 2.89 bits per heavy atom. The zero-order chi connectivity index (χ0) is 13.1. The summed E-state index contributed by atoms with van der Waals surface area (Å²) >= 11 is 0. The Morgan fingerprint density at radius 1 is 1.26 bits per heavy atom. The van der Waals surface area contributed by atoms with E-state index in [0.717, 1.165) is 44.1 Å². The molecule has 1 aromatic heterocycles. The molecular weight excluding hydrogens is 242 g/mol. The van der Waals surface area contributed by atoms with Gasteiger partial charge in [0.25, 0.3) is 0 Å². The van der Waals surface area contributed by atoms with Crippen LogP contribution in [0.1, 0.15) is 5.69 Å². The Hall–Kier alpha value is -1.92. The summed E-state index contributed by atoms with van der Waals surface area (Å²) in [7, 11) is 0. The molecule has 0 saturated carbocycles. The lowest BCUT2D eigenvalue weighted by molar-refractivity contribution is 0.230. The molecular formula is C13H17N5O. The summed E-state index contributed by atoms with van der Waals surface area (Å²) in [4.78, 5) is 2.35. The Labute approximate surface area is 111 Å². The molecule has 0 amide bonds. The number of nitrogens with one attached hydrogen (secondary N) is 1. The fourth-order valence-corrected chi connectivity index (χ4v) is 2.23. The topological polar surface area (TPSA) is 66.2 Å². The summed E-state index contributed by atoms with van der Waals surface area (Å²) in [6, 6.07) is 7.00. The van der Waals surface area contributed by atoms with E-state index in [1.54, 1.807) is 22.9 Å². The van der Waals surface area contributed by atoms with E-state index in [1.807, 2.05) is 12.3 Å². The highest BCUT2D eigenvalue weighted by molar-refractivity contribution is 5.37. The average Bonchev–Trinajstić information content (AvgIpc) is 2.88. The third-order valence-corrected chi connectivity index (χ3v) is 3.23.